The van der Waals surface area contributed by atoms with Crippen LogP contribution < -0.4 is 5.32 Å². The van der Waals surface area contributed by atoms with E-state index in [1.807, 2.05) is 19.2 Å². The van der Waals surface area contributed by atoms with Crippen molar-refractivity contribution in [1.29, 1.82) is 0 Å². The fourth-order valence-electron chi connectivity index (χ4n) is 3.08. The Morgan fingerprint density at radius 2 is 2.06 bits per heavy atom. The third-order valence-electron chi connectivity index (χ3n) is 4.19. The van der Waals surface area contributed by atoms with E-state index in [9.17, 15) is 0 Å². The predicted molar refractivity (Wildman–Crippen MR) is 79.1 cm³/mol. The highest BCUT2D eigenvalue weighted by atomic mass is 35.5. The van der Waals surface area contributed by atoms with Gasteiger partial charge in [0.05, 0.1) is 0 Å². The maximum atomic E-state index is 6.07. The van der Waals surface area contributed by atoms with Crippen LogP contribution in [0.3, 0.4) is 0 Å². The molecule has 0 radical (unpaired) electrons. The van der Waals surface area contributed by atoms with Gasteiger partial charge in [0, 0.05) is 11.1 Å². The van der Waals surface area contributed by atoms with Crippen molar-refractivity contribution in [3.63, 3.8) is 0 Å². The summed E-state index contributed by atoms with van der Waals surface area (Å²) in [6, 6.07) is 8.70. The molecule has 1 aromatic carbocycles. The van der Waals surface area contributed by atoms with Crippen LogP contribution >= 0.6 is 11.6 Å². The van der Waals surface area contributed by atoms with Gasteiger partial charge in [0.25, 0.3) is 0 Å². The number of hydrogen-bond donors (Lipinski definition) is 1. The van der Waals surface area contributed by atoms with Gasteiger partial charge in [-0.15, -0.1) is 0 Å². The van der Waals surface area contributed by atoms with Gasteiger partial charge in [-0.3, -0.25) is 0 Å². The topological polar surface area (TPSA) is 12.0 Å². The van der Waals surface area contributed by atoms with Crippen LogP contribution in [0.2, 0.25) is 5.02 Å². The minimum Gasteiger partial charge on any atom is -0.313 e. The highest BCUT2D eigenvalue weighted by Gasteiger charge is 2.16. The molecule has 2 heteroatoms. The van der Waals surface area contributed by atoms with Crippen LogP contribution in [0, 0.1) is 5.92 Å². The fourth-order valence-corrected chi connectivity index (χ4v) is 3.28. The van der Waals surface area contributed by atoms with E-state index in [1.54, 1.807) is 0 Å². The lowest BCUT2D eigenvalue weighted by atomic mass is 9.84. The summed E-state index contributed by atoms with van der Waals surface area (Å²) in [7, 11) is 2.05. The van der Waals surface area contributed by atoms with E-state index in [-0.39, 0.29) is 0 Å². The quantitative estimate of drug-likeness (QED) is 0.793. The molecule has 1 aliphatic rings. The number of nitrogens with one attached hydrogen (secondary N) is 1. The molecule has 1 fully saturated rings. The maximum Gasteiger partial charge on any atom is 0.0409 e. The van der Waals surface area contributed by atoms with Crippen LogP contribution in [0.5, 0.6) is 0 Å². The van der Waals surface area contributed by atoms with Crippen LogP contribution in [0.1, 0.15) is 56.6 Å². The van der Waals surface area contributed by atoms with E-state index in [1.165, 1.54) is 50.5 Å². The Bertz CT molecular complexity index is 358. The normalized spacial score (nSPS) is 18.8. The highest BCUT2D eigenvalue weighted by Crippen LogP contribution is 2.30. The molecule has 1 atom stereocenters. The summed E-state index contributed by atoms with van der Waals surface area (Å²) in [6.45, 7) is 0. The van der Waals surface area contributed by atoms with Crippen LogP contribution in [0.25, 0.3) is 0 Å². The summed E-state index contributed by atoms with van der Waals surface area (Å²) >= 11 is 6.07. The third kappa shape index (κ3) is 4.00. The molecule has 1 aromatic rings. The summed E-state index contributed by atoms with van der Waals surface area (Å²) in [6.07, 6.45) is 9.76. The predicted octanol–water partition coefficient (Wildman–Crippen LogP) is 4.96. The van der Waals surface area contributed by atoms with E-state index in [0.29, 0.717) is 6.04 Å². The van der Waals surface area contributed by atoms with Crippen molar-refractivity contribution in [2.24, 2.45) is 5.92 Å². The molecule has 0 aromatic heterocycles. The van der Waals surface area contributed by atoms with Gasteiger partial charge in [-0.1, -0.05) is 55.8 Å². The second kappa shape index (κ2) is 7.16. The number of halogens is 1. The largest absolute Gasteiger partial charge is 0.313 e. The van der Waals surface area contributed by atoms with E-state index in [0.717, 1.165) is 10.9 Å². The summed E-state index contributed by atoms with van der Waals surface area (Å²) in [5, 5.41) is 4.26. The lowest BCUT2D eigenvalue weighted by Gasteiger charge is -2.24. The van der Waals surface area contributed by atoms with Gasteiger partial charge < -0.3 is 5.32 Å². The highest BCUT2D eigenvalue weighted by molar-refractivity contribution is 6.30. The molecule has 1 saturated carbocycles. The first-order valence-corrected chi connectivity index (χ1v) is 7.60. The molecule has 0 saturated heterocycles. The van der Waals surface area contributed by atoms with Crippen molar-refractivity contribution < 1.29 is 0 Å². The Morgan fingerprint density at radius 1 is 1.28 bits per heavy atom. The first-order valence-electron chi connectivity index (χ1n) is 7.22. The van der Waals surface area contributed by atoms with E-state index in [4.69, 9.17) is 11.6 Å². The molecule has 1 unspecified atom stereocenters. The summed E-state index contributed by atoms with van der Waals surface area (Å²) < 4.78 is 0. The molecule has 1 N–H and O–H groups in total. The molecular formula is C16H24ClN. The lowest BCUT2D eigenvalue weighted by Crippen LogP contribution is -2.18. The molecule has 100 valence electrons. The molecule has 0 bridgehead atoms. The SMILES string of the molecule is CNC(CCC1CCCCC1)c1cccc(Cl)c1. The first-order chi connectivity index (χ1) is 8.79. The van der Waals surface area contributed by atoms with Crippen molar-refractivity contribution in [2.75, 3.05) is 7.05 Å². The molecule has 18 heavy (non-hydrogen) atoms. The van der Waals surface area contributed by atoms with Crippen LogP contribution in [0.15, 0.2) is 24.3 Å². The smallest absolute Gasteiger partial charge is 0.0409 e. The zero-order valence-corrected chi connectivity index (χ0v) is 12.0. The Morgan fingerprint density at radius 3 is 2.72 bits per heavy atom. The van der Waals surface area contributed by atoms with Crippen LogP contribution in [-0.2, 0) is 0 Å². The van der Waals surface area contributed by atoms with Gasteiger partial charge in [-0.05, 0) is 43.5 Å². The zero-order chi connectivity index (χ0) is 12.8. The third-order valence-corrected chi connectivity index (χ3v) is 4.42. The first kappa shape index (κ1) is 13.9. The number of benzene rings is 1. The lowest BCUT2D eigenvalue weighted by molar-refractivity contribution is 0.317. The Labute approximate surface area is 116 Å². The monoisotopic (exact) mass is 265 g/mol. The summed E-state index contributed by atoms with van der Waals surface area (Å²) in [5.41, 5.74) is 1.32. The molecule has 0 spiro atoms. The van der Waals surface area contributed by atoms with Crippen molar-refractivity contribution in [3.8, 4) is 0 Å². The minimum atomic E-state index is 0.450. The van der Waals surface area contributed by atoms with Gasteiger partial charge in [-0.2, -0.15) is 0 Å². The Kier molecular flexibility index (Phi) is 5.52. The van der Waals surface area contributed by atoms with Gasteiger partial charge in [0.1, 0.15) is 0 Å². The van der Waals surface area contributed by atoms with E-state index < -0.39 is 0 Å². The van der Waals surface area contributed by atoms with Crippen LogP contribution in [-0.4, -0.2) is 7.05 Å². The average molecular weight is 266 g/mol. The van der Waals surface area contributed by atoms with Crippen molar-refractivity contribution in [1.82, 2.24) is 5.32 Å². The van der Waals surface area contributed by atoms with Crippen molar-refractivity contribution in [3.05, 3.63) is 34.9 Å². The molecule has 0 aliphatic heterocycles. The van der Waals surface area contributed by atoms with Crippen molar-refractivity contribution >= 4 is 11.6 Å². The van der Waals surface area contributed by atoms with E-state index in [2.05, 4.69) is 17.4 Å². The van der Waals surface area contributed by atoms with E-state index >= 15 is 0 Å². The molecule has 1 aliphatic carbocycles. The Balaban J connectivity index is 1.88. The average Bonchev–Trinajstić information content (AvgIpc) is 2.41. The van der Waals surface area contributed by atoms with Gasteiger partial charge >= 0.3 is 0 Å². The van der Waals surface area contributed by atoms with Gasteiger partial charge in [0.2, 0.25) is 0 Å². The number of rotatable bonds is 5. The molecule has 2 rings (SSSR count). The second-order valence-corrected chi connectivity index (χ2v) is 5.91. The molecular weight excluding hydrogens is 242 g/mol. The van der Waals surface area contributed by atoms with Crippen LogP contribution in [0.4, 0.5) is 0 Å². The minimum absolute atomic E-state index is 0.450. The maximum absolute atomic E-state index is 6.07. The summed E-state index contributed by atoms with van der Waals surface area (Å²) in [5.74, 6) is 0.953. The molecule has 0 amide bonds. The second-order valence-electron chi connectivity index (χ2n) is 5.48. The van der Waals surface area contributed by atoms with Gasteiger partial charge in [-0.25, -0.2) is 0 Å². The Hall–Kier alpha value is -0.530. The van der Waals surface area contributed by atoms with Gasteiger partial charge in [0.15, 0.2) is 0 Å². The number of hydrogen-bond acceptors (Lipinski definition) is 1. The standard InChI is InChI=1S/C16H24ClN/c1-18-16(14-8-5-9-15(17)12-14)11-10-13-6-3-2-4-7-13/h5,8-9,12-13,16,18H,2-4,6-7,10-11H2,1H3. The summed E-state index contributed by atoms with van der Waals surface area (Å²) in [4.78, 5) is 0. The molecule has 0 heterocycles. The zero-order valence-electron chi connectivity index (χ0n) is 11.3. The van der Waals surface area contributed by atoms with Crippen molar-refractivity contribution in [2.45, 2.75) is 51.0 Å². The fraction of sp³-hybridized carbons (Fsp3) is 0.625. The molecule has 1 nitrogen and oxygen atoms in total.